The third-order valence-corrected chi connectivity index (χ3v) is 2.47. The van der Waals surface area contributed by atoms with Crippen molar-refractivity contribution < 1.29 is 4.79 Å². The lowest BCUT2D eigenvalue weighted by Gasteiger charge is -2.15. The number of hydrogen-bond donors (Lipinski definition) is 2. The van der Waals surface area contributed by atoms with Gasteiger partial charge in [-0.25, -0.2) is 0 Å². The summed E-state index contributed by atoms with van der Waals surface area (Å²) in [4.78, 5) is 11.3. The van der Waals surface area contributed by atoms with Gasteiger partial charge in [0.2, 0.25) is 5.91 Å². The van der Waals surface area contributed by atoms with Crippen molar-refractivity contribution in [1.29, 1.82) is 0 Å². The number of halogens is 1. The minimum atomic E-state index is -0.471. The van der Waals surface area contributed by atoms with Gasteiger partial charge in [0, 0.05) is 11.1 Å². The second-order valence-corrected chi connectivity index (χ2v) is 4.47. The molecule has 16 heavy (non-hydrogen) atoms. The Morgan fingerprint density at radius 1 is 1.50 bits per heavy atom. The molecule has 88 valence electrons. The first-order chi connectivity index (χ1) is 7.49. The molecule has 0 aromatic heterocycles. The van der Waals surface area contributed by atoms with Gasteiger partial charge in [-0.3, -0.25) is 4.79 Å². The fourth-order valence-corrected chi connectivity index (χ4v) is 1.66. The second-order valence-electron chi connectivity index (χ2n) is 4.03. The smallest absolute Gasteiger partial charge is 0.236 e. The van der Waals surface area contributed by atoms with Crippen LogP contribution in [0.3, 0.4) is 0 Å². The van der Waals surface area contributed by atoms with Crippen molar-refractivity contribution in [1.82, 2.24) is 5.32 Å². The van der Waals surface area contributed by atoms with Crippen LogP contribution in [-0.4, -0.2) is 18.0 Å². The molecular formula is C12H17ClN2O. The molecule has 0 aliphatic carbocycles. The average molecular weight is 241 g/mol. The van der Waals surface area contributed by atoms with E-state index in [1.165, 1.54) is 0 Å². The SMILES string of the molecule is CC(Cc1cccc(Cl)c1)NC(=O)[C@H](C)N. The van der Waals surface area contributed by atoms with E-state index in [4.69, 9.17) is 17.3 Å². The Morgan fingerprint density at radius 3 is 2.75 bits per heavy atom. The van der Waals surface area contributed by atoms with Gasteiger partial charge in [-0.15, -0.1) is 0 Å². The maximum atomic E-state index is 11.3. The first-order valence-corrected chi connectivity index (χ1v) is 5.67. The van der Waals surface area contributed by atoms with E-state index >= 15 is 0 Å². The molecule has 0 spiro atoms. The van der Waals surface area contributed by atoms with E-state index < -0.39 is 6.04 Å². The van der Waals surface area contributed by atoms with E-state index in [9.17, 15) is 4.79 Å². The van der Waals surface area contributed by atoms with Gasteiger partial charge in [0.25, 0.3) is 0 Å². The van der Waals surface area contributed by atoms with Crippen LogP contribution in [0, 0.1) is 0 Å². The molecule has 3 N–H and O–H groups in total. The predicted octanol–water partition coefficient (Wildman–Crippen LogP) is 1.73. The first-order valence-electron chi connectivity index (χ1n) is 5.29. The van der Waals surface area contributed by atoms with Gasteiger partial charge in [0.15, 0.2) is 0 Å². The van der Waals surface area contributed by atoms with Gasteiger partial charge in [-0.2, -0.15) is 0 Å². The van der Waals surface area contributed by atoms with E-state index in [1.807, 2.05) is 31.2 Å². The molecule has 0 fully saturated rings. The fraction of sp³-hybridized carbons (Fsp3) is 0.417. The van der Waals surface area contributed by atoms with Crippen molar-refractivity contribution in [3.05, 3.63) is 34.9 Å². The predicted molar refractivity (Wildman–Crippen MR) is 66.4 cm³/mol. The topological polar surface area (TPSA) is 55.1 Å². The molecule has 0 heterocycles. The van der Waals surface area contributed by atoms with E-state index in [1.54, 1.807) is 6.92 Å². The normalized spacial score (nSPS) is 14.2. The Labute approximate surface area is 101 Å². The number of benzene rings is 1. The average Bonchev–Trinajstić information content (AvgIpc) is 2.16. The number of rotatable bonds is 4. The molecule has 4 heteroatoms. The Morgan fingerprint density at radius 2 is 2.19 bits per heavy atom. The first kappa shape index (κ1) is 13.0. The molecule has 0 saturated heterocycles. The van der Waals surface area contributed by atoms with E-state index in [0.29, 0.717) is 5.02 Å². The van der Waals surface area contributed by atoms with Crippen molar-refractivity contribution in [3.8, 4) is 0 Å². The van der Waals surface area contributed by atoms with Crippen LogP contribution >= 0.6 is 11.6 Å². The molecule has 2 atom stereocenters. The summed E-state index contributed by atoms with van der Waals surface area (Å²) in [7, 11) is 0. The number of hydrogen-bond acceptors (Lipinski definition) is 2. The summed E-state index contributed by atoms with van der Waals surface area (Å²) >= 11 is 5.88. The summed E-state index contributed by atoms with van der Waals surface area (Å²) in [5.74, 6) is -0.130. The van der Waals surface area contributed by atoms with Gasteiger partial charge in [-0.05, 0) is 38.0 Å². The number of carbonyl (C=O) groups excluding carboxylic acids is 1. The van der Waals surface area contributed by atoms with E-state index in [2.05, 4.69) is 5.32 Å². The molecule has 1 unspecified atom stereocenters. The Hall–Kier alpha value is -1.06. The molecule has 1 rings (SSSR count). The minimum Gasteiger partial charge on any atom is -0.352 e. The zero-order chi connectivity index (χ0) is 12.1. The monoisotopic (exact) mass is 240 g/mol. The fourth-order valence-electron chi connectivity index (χ4n) is 1.44. The van der Waals surface area contributed by atoms with Gasteiger partial charge in [0.05, 0.1) is 6.04 Å². The minimum absolute atomic E-state index is 0.0527. The lowest BCUT2D eigenvalue weighted by molar-refractivity contribution is -0.122. The summed E-state index contributed by atoms with van der Waals surface area (Å²) < 4.78 is 0. The van der Waals surface area contributed by atoms with Crippen molar-refractivity contribution in [2.45, 2.75) is 32.4 Å². The van der Waals surface area contributed by atoms with Crippen LogP contribution in [0.25, 0.3) is 0 Å². The second kappa shape index (κ2) is 5.87. The number of nitrogens with one attached hydrogen (secondary N) is 1. The van der Waals surface area contributed by atoms with Crippen molar-refractivity contribution in [3.63, 3.8) is 0 Å². The van der Waals surface area contributed by atoms with Gasteiger partial charge in [0.1, 0.15) is 0 Å². The third-order valence-electron chi connectivity index (χ3n) is 2.23. The molecular weight excluding hydrogens is 224 g/mol. The summed E-state index contributed by atoms with van der Waals surface area (Å²) in [6.45, 7) is 3.61. The van der Waals surface area contributed by atoms with Crippen LogP contribution in [0.5, 0.6) is 0 Å². The van der Waals surface area contributed by atoms with Crippen molar-refractivity contribution in [2.24, 2.45) is 5.73 Å². The summed E-state index contributed by atoms with van der Waals surface area (Å²) in [5.41, 5.74) is 6.57. The van der Waals surface area contributed by atoms with E-state index in [-0.39, 0.29) is 11.9 Å². The highest BCUT2D eigenvalue weighted by molar-refractivity contribution is 6.30. The van der Waals surface area contributed by atoms with Crippen LogP contribution in [0.4, 0.5) is 0 Å². The van der Waals surface area contributed by atoms with Crippen LogP contribution in [0.15, 0.2) is 24.3 Å². The van der Waals surface area contributed by atoms with Crippen LogP contribution in [0.1, 0.15) is 19.4 Å². The van der Waals surface area contributed by atoms with Gasteiger partial charge >= 0.3 is 0 Å². The molecule has 0 aliphatic rings. The molecule has 1 amide bonds. The van der Waals surface area contributed by atoms with Gasteiger partial charge in [-0.1, -0.05) is 23.7 Å². The van der Waals surface area contributed by atoms with Crippen LogP contribution < -0.4 is 11.1 Å². The molecule has 0 aliphatic heterocycles. The molecule has 1 aromatic rings. The molecule has 3 nitrogen and oxygen atoms in total. The van der Waals surface area contributed by atoms with E-state index in [0.717, 1.165) is 12.0 Å². The summed E-state index contributed by atoms with van der Waals surface area (Å²) in [5, 5.41) is 3.55. The molecule has 1 aromatic carbocycles. The third kappa shape index (κ3) is 4.21. The molecule has 0 radical (unpaired) electrons. The highest BCUT2D eigenvalue weighted by atomic mass is 35.5. The lowest BCUT2D eigenvalue weighted by atomic mass is 10.1. The molecule has 0 saturated carbocycles. The Bertz CT molecular complexity index is 366. The maximum Gasteiger partial charge on any atom is 0.236 e. The Kier molecular flexibility index (Phi) is 4.77. The highest BCUT2D eigenvalue weighted by Crippen LogP contribution is 2.12. The molecule has 0 bridgehead atoms. The number of nitrogens with two attached hydrogens (primary N) is 1. The largest absolute Gasteiger partial charge is 0.352 e. The number of amides is 1. The maximum absolute atomic E-state index is 11.3. The highest BCUT2D eigenvalue weighted by Gasteiger charge is 2.11. The summed E-state index contributed by atoms with van der Waals surface area (Å²) in [6.07, 6.45) is 0.749. The van der Waals surface area contributed by atoms with Gasteiger partial charge < -0.3 is 11.1 Å². The Balaban J connectivity index is 2.51. The summed E-state index contributed by atoms with van der Waals surface area (Å²) in [6, 6.07) is 7.20. The van der Waals surface area contributed by atoms with Crippen molar-refractivity contribution >= 4 is 17.5 Å². The zero-order valence-corrected chi connectivity index (χ0v) is 10.3. The van der Waals surface area contributed by atoms with Crippen molar-refractivity contribution in [2.75, 3.05) is 0 Å². The standard InChI is InChI=1S/C12H17ClN2O/c1-8(15-12(16)9(2)14)6-10-4-3-5-11(13)7-10/h3-5,7-9H,6,14H2,1-2H3,(H,15,16)/t8?,9-/m0/s1. The number of carbonyl (C=O) groups is 1. The zero-order valence-electron chi connectivity index (χ0n) is 9.53. The quantitative estimate of drug-likeness (QED) is 0.842. The van der Waals surface area contributed by atoms with Crippen LogP contribution in [-0.2, 0) is 11.2 Å². The van der Waals surface area contributed by atoms with Crippen LogP contribution in [0.2, 0.25) is 5.02 Å². The lowest BCUT2D eigenvalue weighted by Crippen LogP contribution is -2.43.